The molecule has 13 atom stereocenters. The number of fused-ring (bicyclic) bond motifs is 5. The van der Waals surface area contributed by atoms with Gasteiger partial charge in [-0.25, -0.2) is 0 Å². The highest BCUT2D eigenvalue weighted by Crippen LogP contribution is 2.66. The van der Waals surface area contributed by atoms with Crippen molar-refractivity contribution in [3.8, 4) is 0 Å². The van der Waals surface area contributed by atoms with Crippen LogP contribution in [0.25, 0.3) is 0 Å². The van der Waals surface area contributed by atoms with Gasteiger partial charge in [0, 0.05) is 0 Å². The van der Waals surface area contributed by atoms with Gasteiger partial charge in [-0.15, -0.1) is 0 Å². The van der Waals surface area contributed by atoms with Crippen molar-refractivity contribution in [1.82, 2.24) is 0 Å². The fourth-order valence-electron chi connectivity index (χ4n) is 9.05. The summed E-state index contributed by atoms with van der Waals surface area (Å²) in [5.74, 6) is 0.542. The summed E-state index contributed by atoms with van der Waals surface area (Å²) in [6.45, 7) is 15.4. The molecule has 4 aliphatic rings. The average molecular weight is 495 g/mol. The summed E-state index contributed by atoms with van der Waals surface area (Å²) >= 11 is 0. The molecule has 1 heterocycles. The summed E-state index contributed by atoms with van der Waals surface area (Å²) in [4.78, 5) is 13.0. The van der Waals surface area contributed by atoms with Gasteiger partial charge in [0.2, 0.25) is 0 Å². The third-order valence-electron chi connectivity index (χ3n) is 11.8. The lowest BCUT2D eigenvalue weighted by Crippen LogP contribution is -2.55. The molecule has 202 valence electrons. The number of hydrogen-bond acceptors (Lipinski definition) is 6. The number of carbonyl (C=O) groups excluding carboxylic acids is 1. The Morgan fingerprint density at radius 3 is 2.20 bits per heavy atom. The lowest BCUT2D eigenvalue weighted by molar-refractivity contribution is -0.162. The number of aliphatic hydroxyl groups excluding tert-OH is 4. The van der Waals surface area contributed by atoms with Crippen molar-refractivity contribution in [2.45, 2.75) is 111 Å². The van der Waals surface area contributed by atoms with E-state index in [4.69, 9.17) is 4.74 Å². The Balaban J connectivity index is 1.57. The summed E-state index contributed by atoms with van der Waals surface area (Å²) in [6, 6.07) is 0. The van der Waals surface area contributed by atoms with Crippen molar-refractivity contribution < 1.29 is 30.0 Å². The summed E-state index contributed by atoms with van der Waals surface area (Å²) < 4.78 is 5.87. The zero-order valence-corrected chi connectivity index (χ0v) is 22.9. The van der Waals surface area contributed by atoms with E-state index in [1.165, 1.54) is 0 Å². The number of carbonyl (C=O) groups is 1. The monoisotopic (exact) mass is 494 g/mol. The largest absolute Gasteiger partial charge is 0.465 e. The van der Waals surface area contributed by atoms with E-state index in [0.717, 1.165) is 25.7 Å². The Labute approximate surface area is 211 Å². The Morgan fingerprint density at radius 2 is 1.57 bits per heavy atom. The van der Waals surface area contributed by atoms with Crippen LogP contribution in [0.4, 0.5) is 0 Å². The zero-order valence-electron chi connectivity index (χ0n) is 22.9. The van der Waals surface area contributed by atoms with E-state index in [1.807, 2.05) is 6.92 Å². The van der Waals surface area contributed by atoms with E-state index in [1.54, 1.807) is 0 Å². The number of rotatable bonds is 4. The maximum Gasteiger partial charge on any atom is 0.309 e. The molecule has 0 radical (unpaired) electrons. The Bertz CT molecular complexity index is 793. The quantitative estimate of drug-likeness (QED) is 0.443. The lowest BCUT2D eigenvalue weighted by atomic mass is 9.48. The smallest absolute Gasteiger partial charge is 0.309 e. The van der Waals surface area contributed by atoms with Gasteiger partial charge in [-0.3, -0.25) is 4.79 Å². The fraction of sp³-hybridized carbons (Fsp3) is 0.966. The maximum absolute atomic E-state index is 13.0. The summed E-state index contributed by atoms with van der Waals surface area (Å²) in [7, 11) is 0. The van der Waals surface area contributed by atoms with Crippen molar-refractivity contribution in [2.75, 3.05) is 6.61 Å². The van der Waals surface area contributed by atoms with Crippen molar-refractivity contribution >= 4 is 5.97 Å². The second-order valence-electron chi connectivity index (χ2n) is 14.4. The first-order valence-corrected chi connectivity index (χ1v) is 14.0. The molecule has 3 aliphatic carbocycles. The van der Waals surface area contributed by atoms with Crippen LogP contribution in [-0.4, -0.2) is 57.4 Å². The normalized spacial score (nSPS) is 47.4. The molecule has 6 nitrogen and oxygen atoms in total. The Kier molecular flexibility index (Phi) is 7.23. The molecule has 0 aromatic rings. The number of ether oxygens (including phenoxy) is 1. The van der Waals surface area contributed by atoms with Crippen LogP contribution in [0, 0.1) is 57.7 Å². The molecule has 1 saturated heterocycles. The predicted molar refractivity (Wildman–Crippen MR) is 134 cm³/mol. The van der Waals surface area contributed by atoms with Crippen LogP contribution in [0.3, 0.4) is 0 Å². The maximum atomic E-state index is 13.0. The van der Waals surface area contributed by atoms with E-state index in [2.05, 4.69) is 41.5 Å². The standard InChI is InChI=1S/C29H50O6/c1-15(24(32)25(33)16(2)27(3,4)5)18-8-9-19-17-14-35-26(34)21-12-22(30)23(31)13-29(21,7)20(17)10-11-28(18,19)6/h15-25,30-33H,8-14H2,1-7H3/t15-,16+,17-,18+,19-,20-,21+,22-,23+,24-,25+,28+,29+/m0/s1. The number of aliphatic hydroxyl groups is 4. The zero-order chi connectivity index (χ0) is 26.1. The molecule has 0 spiro atoms. The van der Waals surface area contributed by atoms with Crippen LogP contribution in [0.15, 0.2) is 0 Å². The second-order valence-corrected chi connectivity index (χ2v) is 14.4. The molecule has 0 unspecified atom stereocenters. The van der Waals surface area contributed by atoms with Gasteiger partial charge >= 0.3 is 5.97 Å². The van der Waals surface area contributed by atoms with Crippen molar-refractivity contribution in [3.05, 3.63) is 0 Å². The lowest BCUT2D eigenvalue weighted by Gasteiger charge is -2.56. The van der Waals surface area contributed by atoms with Crippen LogP contribution >= 0.6 is 0 Å². The molecule has 0 aromatic carbocycles. The van der Waals surface area contributed by atoms with E-state index in [-0.39, 0.29) is 58.2 Å². The first-order chi connectivity index (χ1) is 16.1. The van der Waals surface area contributed by atoms with Gasteiger partial charge in [-0.05, 0) is 90.3 Å². The van der Waals surface area contributed by atoms with Gasteiger partial charge in [0.25, 0.3) is 0 Å². The third-order valence-corrected chi connectivity index (χ3v) is 11.8. The molecule has 0 aromatic heterocycles. The first kappa shape index (κ1) is 27.3. The van der Waals surface area contributed by atoms with E-state index in [9.17, 15) is 25.2 Å². The van der Waals surface area contributed by atoms with Gasteiger partial charge in [0.15, 0.2) is 0 Å². The highest BCUT2D eigenvalue weighted by Gasteiger charge is 2.63. The topological polar surface area (TPSA) is 107 Å². The molecule has 0 amide bonds. The molecule has 4 fully saturated rings. The van der Waals surface area contributed by atoms with Gasteiger partial charge in [-0.2, -0.15) is 0 Å². The van der Waals surface area contributed by atoms with E-state index in [0.29, 0.717) is 24.9 Å². The number of hydrogen-bond donors (Lipinski definition) is 4. The molecule has 35 heavy (non-hydrogen) atoms. The molecule has 4 N–H and O–H groups in total. The number of cyclic esters (lactones) is 1. The minimum Gasteiger partial charge on any atom is -0.465 e. The number of esters is 1. The minimum absolute atomic E-state index is 0.0155. The molecular weight excluding hydrogens is 444 g/mol. The Hall–Kier alpha value is -0.690. The second kappa shape index (κ2) is 9.25. The van der Waals surface area contributed by atoms with E-state index < -0.39 is 24.4 Å². The van der Waals surface area contributed by atoms with Crippen molar-refractivity contribution in [1.29, 1.82) is 0 Å². The van der Waals surface area contributed by atoms with Crippen LogP contribution in [-0.2, 0) is 9.53 Å². The third kappa shape index (κ3) is 4.38. The average Bonchev–Trinajstić information content (AvgIpc) is 3.09. The molecule has 1 aliphatic heterocycles. The van der Waals surface area contributed by atoms with Crippen LogP contribution in [0.5, 0.6) is 0 Å². The van der Waals surface area contributed by atoms with Gasteiger partial charge in [-0.1, -0.05) is 48.5 Å². The molecular formula is C29H50O6. The molecule has 6 heteroatoms. The highest BCUT2D eigenvalue weighted by molar-refractivity contribution is 5.74. The highest BCUT2D eigenvalue weighted by atomic mass is 16.5. The summed E-state index contributed by atoms with van der Waals surface area (Å²) in [5.41, 5.74) is -0.448. The van der Waals surface area contributed by atoms with Gasteiger partial charge < -0.3 is 25.2 Å². The van der Waals surface area contributed by atoms with Crippen molar-refractivity contribution in [3.63, 3.8) is 0 Å². The van der Waals surface area contributed by atoms with E-state index >= 15 is 0 Å². The molecule has 4 rings (SSSR count). The minimum atomic E-state index is -0.869. The first-order valence-electron chi connectivity index (χ1n) is 14.0. The molecule has 0 bridgehead atoms. The van der Waals surface area contributed by atoms with Crippen LogP contribution < -0.4 is 0 Å². The van der Waals surface area contributed by atoms with Crippen LogP contribution in [0.1, 0.15) is 87.0 Å². The van der Waals surface area contributed by atoms with Crippen LogP contribution in [0.2, 0.25) is 0 Å². The van der Waals surface area contributed by atoms with Gasteiger partial charge in [0.05, 0.1) is 36.9 Å². The fourth-order valence-corrected chi connectivity index (χ4v) is 9.05. The molecule has 3 saturated carbocycles. The van der Waals surface area contributed by atoms with Crippen molar-refractivity contribution in [2.24, 2.45) is 57.7 Å². The SMILES string of the molecule is C[C@H]([C@H](O)[C@H](O)[C@@H](C)C(C)(C)C)[C@H]1CC[C@H]2[C@@H]3COC(=O)[C@H]4C[C@H](O)[C@H](O)C[C@]4(C)[C@H]3CC[C@]12C. The predicted octanol–water partition coefficient (Wildman–Crippen LogP) is 3.78. The van der Waals surface area contributed by atoms with Gasteiger partial charge in [0.1, 0.15) is 0 Å². The summed E-state index contributed by atoms with van der Waals surface area (Å²) in [6.07, 6.45) is 1.53. The summed E-state index contributed by atoms with van der Waals surface area (Å²) in [5, 5.41) is 43.2. The Morgan fingerprint density at radius 1 is 0.943 bits per heavy atom.